The van der Waals surface area contributed by atoms with E-state index in [0.717, 1.165) is 0 Å². The van der Waals surface area contributed by atoms with E-state index in [9.17, 15) is 18.0 Å². The van der Waals surface area contributed by atoms with E-state index in [1.54, 1.807) is 62.5 Å². The zero-order valence-corrected chi connectivity index (χ0v) is 22.8. The van der Waals surface area contributed by atoms with E-state index >= 15 is 0 Å². The minimum atomic E-state index is -3.60. The topological polar surface area (TPSA) is 99.3 Å². The van der Waals surface area contributed by atoms with Gasteiger partial charge in [0.1, 0.15) is 0 Å². The summed E-state index contributed by atoms with van der Waals surface area (Å²) in [6.07, 6.45) is 0. The lowest BCUT2D eigenvalue weighted by molar-refractivity contribution is -0.139. The fraction of sp³-hybridized carbons (Fsp3) is 0.360. The number of hydrogen-bond acceptors (Lipinski definition) is 6. The molecule has 1 unspecified atom stereocenters. The normalized spacial score (nSPS) is 19.6. The SMILES string of the molecule is CCOC(=O)C1=C(CN2CCN(S(=O)(=O)c3ccccc3)CC2)N(C)C(=O)NC1c1cccc(Cl)c1Cl. The lowest BCUT2D eigenvalue weighted by Gasteiger charge is -2.39. The van der Waals surface area contributed by atoms with Crippen LogP contribution in [0.3, 0.4) is 0 Å². The number of esters is 1. The van der Waals surface area contributed by atoms with Crippen molar-refractivity contribution in [2.45, 2.75) is 17.9 Å². The number of rotatable bonds is 7. The van der Waals surface area contributed by atoms with Crippen LogP contribution in [-0.4, -0.2) is 80.9 Å². The standard InChI is InChI=1S/C25H28Cl2N4O5S/c1-3-36-24(32)21-20(29(2)25(33)28-23(21)18-10-7-11-19(26)22(18)27)16-30-12-14-31(15-13-30)37(34,35)17-8-5-4-6-9-17/h4-11,23H,3,12-16H2,1-2H3,(H,28,33). The first-order chi connectivity index (χ1) is 17.6. The molecule has 2 amide bonds. The van der Waals surface area contributed by atoms with E-state index in [4.69, 9.17) is 27.9 Å². The molecule has 0 radical (unpaired) electrons. The van der Waals surface area contributed by atoms with E-state index in [-0.39, 0.29) is 41.7 Å². The first-order valence-electron chi connectivity index (χ1n) is 11.8. The second-order valence-electron chi connectivity index (χ2n) is 8.66. The summed E-state index contributed by atoms with van der Waals surface area (Å²) in [6.45, 7) is 3.49. The fourth-order valence-electron chi connectivity index (χ4n) is 4.46. The van der Waals surface area contributed by atoms with Crippen LogP contribution in [0.15, 0.2) is 64.7 Å². The first-order valence-corrected chi connectivity index (χ1v) is 14.0. The molecule has 1 fully saturated rings. The molecular formula is C25H28Cl2N4O5S. The predicted octanol–water partition coefficient (Wildman–Crippen LogP) is 3.51. The predicted molar refractivity (Wildman–Crippen MR) is 141 cm³/mol. The summed E-state index contributed by atoms with van der Waals surface area (Å²) in [5.41, 5.74) is 1.20. The third-order valence-electron chi connectivity index (χ3n) is 6.45. The number of hydrogen-bond donors (Lipinski definition) is 1. The number of piperazine rings is 1. The Kier molecular flexibility index (Phi) is 8.45. The number of urea groups is 1. The Balaban J connectivity index is 1.62. The van der Waals surface area contributed by atoms with E-state index in [1.807, 2.05) is 4.90 Å². The van der Waals surface area contributed by atoms with Crippen LogP contribution in [0.4, 0.5) is 4.79 Å². The van der Waals surface area contributed by atoms with Crippen LogP contribution in [0.5, 0.6) is 0 Å². The number of carbonyl (C=O) groups excluding carboxylic acids is 2. The van der Waals surface area contributed by atoms with E-state index < -0.39 is 28.1 Å². The van der Waals surface area contributed by atoms with Crippen LogP contribution in [0.2, 0.25) is 10.0 Å². The monoisotopic (exact) mass is 566 g/mol. The number of nitrogens with zero attached hydrogens (tertiary/aromatic N) is 3. The van der Waals surface area contributed by atoms with Crippen LogP contribution in [-0.2, 0) is 19.6 Å². The fourth-order valence-corrected chi connectivity index (χ4v) is 6.32. The van der Waals surface area contributed by atoms with Crippen LogP contribution >= 0.6 is 23.2 Å². The average molecular weight is 567 g/mol. The molecule has 2 aliphatic rings. The molecule has 1 saturated heterocycles. The van der Waals surface area contributed by atoms with Gasteiger partial charge in [0, 0.05) is 45.5 Å². The maximum atomic E-state index is 13.2. The number of sulfonamides is 1. The zero-order chi connectivity index (χ0) is 26.7. The molecule has 0 aliphatic carbocycles. The number of halogens is 2. The number of carbonyl (C=O) groups is 2. The molecule has 4 rings (SSSR count). The molecule has 12 heteroatoms. The highest BCUT2D eigenvalue weighted by molar-refractivity contribution is 7.89. The summed E-state index contributed by atoms with van der Waals surface area (Å²) in [7, 11) is -2.03. The molecule has 2 aromatic rings. The van der Waals surface area contributed by atoms with Crippen molar-refractivity contribution in [1.29, 1.82) is 0 Å². The van der Waals surface area contributed by atoms with Gasteiger partial charge in [-0.2, -0.15) is 4.31 Å². The highest BCUT2D eigenvalue weighted by Crippen LogP contribution is 2.37. The Morgan fingerprint density at radius 2 is 1.73 bits per heavy atom. The third-order valence-corrected chi connectivity index (χ3v) is 9.20. The van der Waals surface area contributed by atoms with Gasteiger partial charge in [-0.05, 0) is 30.7 Å². The van der Waals surface area contributed by atoms with Gasteiger partial charge >= 0.3 is 12.0 Å². The smallest absolute Gasteiger partial charge is 0.338 e. The first kappa shape index (κ1) is 27.4. The van der Waals surface area contributed by atoms with E-state index in [2.05, 4.69) is 5.32 Å². The number of ether oxygens (including phenoxy) is 1. The molecule has 1 atom stereocenters. The zero-order valence-electron chi connectivity index (χ0n) is 20.5. The van der Waals surface area contributed by atoms with Crippen LogP contribution in [0.25, 0.3) is 0 Å². The molecule has 37 heavy (non-hydrogen) atoms. The summed E-state index contributed by atoms with van der Waals surface area (Å²) in [5.74, 6) is -0.573. The number of nitrogens with one attached hydrogen (secondary N) is 1. The Morgan fingerprint density at radius 3 is 2.38 bits per heavy atom. The molecule has 1 N–H and O–H groups in total. The molecular weight excluding hydrogens is 539 g/mol. The van der Waals surface area contributed by atoms with Gasteiger partial charge in [-0.15, -0.1) is 0 Å². The summed E-state index contributed by atoms with van der Waals surface area (Å²) in [5, 5.41) is 3.37. The summed E-state index contributed by atoms with van der Waals surface area (Å²) in [4.78, 5) is 29.8. The Hall–Kier alpha value is -2.63. The number of likely N-dealkylation sites (N-methyl/N-ethyl adjacent to an activating group) is 1. The van der Waals surface area contributed by atoms with Gasteiger partial charge in [-0.3, -0.25) is 9.80 Å². The van der Waals surface area contributed by atoms with Crippen LogP contribution in [0.1, 0.15) is 18.5 Å². The van der Waals surface area contributed by atoms with Crippen molar-refractivity contribution in [3.63, 3.8) is 0 Å². The lowest BCUT2D eigenvalue weighted by Crippen LogP contribution is -2.53. The van der Waals surface area contributed by atoms with Crippen molar-refractivity contribution in [2.24, 2.45) is 0 Å². The second-order valence-corrected chi connectivity index (χ2v) is 11.4. The van der Waals surface area contributed by atoms with Crippen molar-refractivity contribution in [3.8, 4) is 0 Å². The van der Waals surface area contributed by atoms with E-state index in [0.29, 0.717) is 29.4 Å². The van der Waals surface area contributed by atoms with Crippen LogP contribution in [0, 0.1) is 0 Å². The highest BCUT2D eigenvalue weighted by atomic mass is 35.5. The van der Waals surface area contributed by atoms with Crippen molar-refractivity contribution in [3.05, 3.63) is 75.4 Å². The molecule has 2 aliphatic heterocycles. The van der Waals surface area contributed by atoms with Gasteiger partial charge in [0.05, 0.1) is 33.2 Å². The van der Waals surface area contributed by atoms with Gasteiger partial charge in [0.25, 0.3) is 0 Å². The van der Waals surface area contributed by atoms with Crippen molar-refractivity contribution in [2.75, 3.05) is 46.4 Å². The summed E-state index contributed by atoms with van der Waals surface area (Å²) < 4.78 is 32.8. The van der Waals surface area contributed by atoms with Gasteiger partial charge in [-0.1, -0.05) is 53.5 Å². The minimum Gasteiger partial charge on any atom is -0.463 e. The Morgan fingerprint density at radius 1 is 1.05 bits per heavy atom. The summed E-state index contributed by atoms with van der Waals surface area (Å²) in [6, 6.07) is 12.1. The second kappa shape index (κ2) is 11.4. The van der Waals surface area contributed by atoms with Gasteiger partial charge in [-0.25, -0.2) is 18.0 Å². The minimum absolute atomic E-state index is 0.152. The third kappa shape index (κ3) is 5.63. The molecule has 0 saturated carbocycles. The average Bonchev–Trinajstić information content (AvgIpc) is 2.89. The molecule has 9 nitrogen and oxygen atoms in total. The van der Waals surface area contributed by atoms with Crippen molar-refractivity contribution >= 4 is 45.2 Å². The molecule has 0 bridgehead atoms. The Bertz CT molecular complexity index is 1310. The molecule has 198 valence electrons. The molecule has 0 aromatic heterocycles. The van der Waals surface area contributed by atoms with E-state index in [1.165, 1.54) is 9.21 Å². The molecule has 2 aromatic carbocycles. The summed E-state index contributed by atoms with van der Waals surface area (Å²) >= 11 is 12.7. The highest BCUT2D eigenvalue weighted by Gasteiger charge is 2.39. The number of benzene rings is 2. The maximum absolute atomic E-state index is 13.2. The molecule has 2 heterocycles. The number of amides is 2. The maximum Gasteiger partial charge on any atom is 0.338 e. The largest absolute Gasteiger partial charge is 0.463 e. The van der Waals surface area contributed by atoms with Crippen LogP contribution < -0.4 is 5.32 Å². The van der Waals surface area contributed by atoms with Crippen molar-refractivity contribution < 1.29 is 22.7 Å². The van der Waals surface area contributed by atoms with Gasteiger partial charge in [0.2, 0.25) is 10.0 Å². The van der Waals surface area contributed by atoms with Crippen molar-refractivity contribution in [1.82, 2.24) is 19.4 Å². The van der Waals surface area contributed by atoms with Gasteiger partial charge in [0.15, 0.2) is 0 Å². The quantitative estimate of drug-likeness (QED) is 0.515. The van der Waals surface area contributed by atoms with Gasteiger partial charge < -0.3 is 10.1 Å². The lowest BCUT2D eigenvalue weighted by atomic mass is 9.94. The molecule has 0 spiro atoms. The Labute approximate surface area is 226 Å².